The van der Waals surface area contributed by atoms with Crippen LogP contribution in [-0.2, 0) is 4.79 Å². The maximum absolute atomic E-state index is 12.3. The van der Waals surface area contributed by atoms with E-state index in [-0.39, 0.29) is 24.6 Å². The summed E-state index contributed by atoms with van der Waals surface area (Å²) in [5.41, 5.74) is 0.460. The highest BCUT2D eigenvalue weighted by Gasteiger charge is 2.21. The summed E-state index contributed by atoms with van der Waals surface area (Å²) >= 11 is 0. The Kier molecular flexibility index (Phi) is 6.21. The Morgan fingerprint density at radius 2 is 1.76 bits per heavy atom. The topological polar surface area (TPSA) is 66.8 Å². The minimum atomic E-state index is -1.02. The number of hydrogen-bond donors (Lipinski definition) is 1. The van der Waals surface area contributed by atoms with Crippen LogP contribution in [0.3, 0.4) is 0 Å². The molecule has 1 amide bonds. The molecule has 0 saturated heterocycles. The Balaban J connectivity index is 2.84. The maximum atomic E-state index is 12.3. The zero-order chi connectivity index (χ0) is 16.0. The van der Waals surface area contributed by atoms with E-state index < -0.39 is 5.97 Å². The van der Waals surface area contributed by atoms with Crippen LogP contribution in [-0.4, -0.2) is 40.6 Å². The van der Waals surface area contributed by atoms with Crippen molar-refractivity contribution >= 4 is 11.9 Å². The molecule has 0 aliphatic heterocycles. The first-order valence-electron chi connectivity index (χ1n) is 7.14. The number of carbonyl (C=O) groups is 2. The highest BCUT2D eigenvalue weighted by Crippen LogP contribution is 2.16. The SMILES string of the molecule is CCC(C)Oc1ccc(C(=O)N(CC(=O)O)C(C)C)cc1. The van der Waals surface area contributed by atoms with Crippen molar-refractivity contribution in [2.45, 2.75) is 46.3 Å². The summed E-state index contributed by atoms with van der Waals surface area (Å²) < 4.78 is 5.65. The van der Waals surface area contributed by atoms with Crippen LogP contribution < -0.4 is 4.74 Å². The van der Waals surface area contributed by atoms with E-state index in [9.17, 15) is 9.59 Å². The number of aliphatic carboxylic acids is 1. The molecule has 1 atom stereocenters. The first-order chi connectivity index (χ1) is 9.85. The molecular weight excluding hydrogens is 270 g/mol. The molecule has 1 rings (SSSR count). The third-order valence-electron chi connectivity index (χ3n) is 3.20. The summed E-state index contributed by atoms with van der Waals surface area (Å²) in [6, 6.07) is 6.62. The van der Waals surface area contributed by atoms with Gasteiger partial charge in [-0.1, -0.05) is 6.92 Å². The van der Waals surface area contributed by atoms with Gasteiger partial charge in [-0.3, -0.25) is 9.59 Å². The Morgan fingerprint density at radius 1 is 1.19 bits per heavy atom. The molecule has 0 radical (unpaired) electrons. The second-order valence-electron chi connectivity index (χ2n) is 5.28. The van der Waals surface area contributed by atoms with Crippen LogP contribution in [0, 0.1) is 0 Å². The van der Waals surface area contributed by atoms with Gasteiger partial charge in [0, 0.05) is 11.6 Å². The zero-order valence-electron chi connectivity index (χ0n) is 13.0. The summed E-state index contributed by atoms with van der Waals surface area (Å²) in [6.07, 6.45) is 1.02. The Bertz CT molecular complexity index is 482. The normalized spacial score (nSPS) is 12.0. The number of nitrogens with zero attached hydrogens (tertiary/aromatic N) is 1. The Hall–Kier alpha value is -2.04. The Morgan fingerprint density at radius 3 is 2.19 bits per heavy atom. The molecule has 0 aliphatic carbocycles. The van der Waals surface area contributed by atoms with Gasteiger partial charge in [0.1, 0.15) is 12.3 Å². The van der Waals surface area contributed by atoms with Gasteiger partial charge in [-0.15, -0.1) is 0 Å². The first kappa shape index (κ1) is 17.0. The summed E-state index contributed by atoms with van der Waals surface area (Å²) in [6.45, 7) is 7.30. The molecule has 0 aromatic heterocycles. The highest BCUT2D eigenvalue weighted by atomic mass is 16.5. The molecule has 0 fully saturated rings. The van der Waals surface area contributed by atoms with Gasteiger partial charge in [-0.05, 0) is 51.5 Å². The molecule has 0 saturated carbocycles. The molecule has 0 heterocycles. The van der Waals surface area contributed by atoms with E-state index in [1.807, 2.05) is 13.8 Å². The van der Waals surface area contributed by atoms with Crippen molar-refractivity contribution in [1.82, 2.24) is 4.90 Å². The fourth-order valence-electron chi connectivity index (χ4n) is 1.79. The van der Waals surface area contributed by atoms with E-state index >= 15 is 0 Å². The van der Waals surface area contributed by atoms with Crippen LogP contribution in [0.25, 0.3) is 0 Å². The van der Waals surface area contributed by atoms with E-state index in [1.165, 1.54) is 4.90 Å². The number of benzene rings is 1. The molecule has 21 heavy (non-hydrogen) atoms. The van der Waals surface area contributed by atoms with Gasteiger partial charge >= 0.3 is 5.97 Å². The lowest BCUT2D eigenvalue weighted by Gasteiger charge is -2.25. The molecule has 0 bridgehead atoms. The highest BCUT2D eigenvalue weighted by molar-refractivity contribution is 5.96. The predicted molar refractivity (Wildman–Crippen MR) is 80.6 cm³/mol. The number of hydrogen-bond acceptors (Lipinski definition) is 3. The van der Waals surface area contributed by atoms with Crippen molar-refractivity contribution in [2.75, 3.05) is 6.54 Å². The van der Waals surface area contributed by atoms with Crippen LogP contribution in [0.2, 0.25) is 0 Å². The third-order valence-corrected chi connectivity index (χ3v) is 3.20. The second-order valence-corrected chi connectivity index (χ2v) is 5.28. The molecule has 1 unspecified atom stereocenters. The number of carboxylic acids is 1. The van der Waals surface area contributed by atoms with E-state index in [2.05, 4.69) is 0 Å². The van der Waals surface area contributed by atoms with E-state index in [0.717, 1.165) is 6.42 Å². The van der Waals surface area contributed by atoms with Crippen molar-refractivity contribution in [3.8, 4) is 5.75 Å². The molecule has 1 aromatic rings. The number of carboxylic acid groups (broad SMARTS) is 1. The quantitative estimate of drug-likeness (QED) is 0.839. The fraction of sp³-hybridized carbons (Fsp3) is 0.500. The lowest BCUT2D eigenvalue weighted by Crippen LogP contribution is -2.40. The van der Waals surface area contributed by atoms with Crippen LogP contribution in [0.4, 0.5) is 0 Å². The van der Waals surface area contributed by atoms with E-state index in [4.69, 9.17) is 9.84 Å². The van der Waals surface area contributed by atoms with Crippen LogP contribution in [0.15, 0.2) is 24.3 Å². The van der Waals surface area contributed by atoms with Gasteiger partial charge in [-0.2, -0.15) is 0 Å². The molecule has 5 heteroatoms. The molecule has 1 aromatic carbocycles. The van der Waals surface area contributed by atoms with Crippen molar-refractivity contribution in [3.05, 3.63) is 29.8 Å². The second kappa shape index (κ2) is 7.67. The minimum Gasteiger partial charge on any atom is -0.491 e. The van der Waals surface area contributed by atoms with Crippen LogP contribution in [0.5, 0.6) is 5.75 Å². The third kappa shape index (κ3) is 5.10. The first-order valence-corrected chi connectivity index (χ1v) is 7.14. The molecule has 0 aliphatic rings. The number of rotatable bonds is 7. The smallest absolute Gasteiger partial charge is 0.323 e. The van der Waals surface area contributed by atoms with E-state index in [0.29, 0.717) is 11.3 Å². The summed E-state index contributed by atoms with van der Waals surface area (Å²) in [5, 5.41) is 8.89. The van der Waals surface area contributed by atoms with Crippen LogP contribution in [0.1, 0.15) is 44.5 Å². The minimum absolute atomic E-state index is 0.116. The largest absolute Gasteiger partial charge is 0.491 e. The van der Waals surface area contributed by atoms with Gasteiger partial charge in [0.15, 0.2) is 0 Å². The lowest BCUT2D eigenvalue weighted by atomic mass is 10.1. The van der Waals surface area contributed by atoms with Crippen molar-refractivity contribution < 1.29 is 19.4 Å². The molecule has 1 N–H and O–H groups in total. The lowest BCUT2D eigenvalue weighted by molar-refractivity contribution is -0.138. The van der Waals surface area contributed by atoms with Crippen LogP contribution >= 0.6 is 0 Å². The Labute approximate surface area is 125 Å². The zero-order valence-corrected chi connectivity index (χ0v) is 13.0. The maximum Gasteiger partial charge on any atom is 0.323 e. The average Bonchev–Trinajstić information content (AvgIpc) is 2.44. The van der Waals surface area contributed by atoms with Gasteiger partial charge in [0.05, 0.1) is 6.10 Å². The van der Waals surface area contributed by atoms with Gasteiger partial charge in [0.25, 0.3) is 5.91 Å². The van der Waals surface area contributed by atoms with Crippen molar-refractivity contribution in [1.29, 1.82) is 0 Å². The number of amides is 1. The predicted octanol–water partition coefficient (Wildman–Crippen LogP) is 2.80. The van der Waals surface area contributed by atoms with Gasteiger partial charge in [0.2, 0.25) is 0 Å². The molecular formula is C16H23NO4. The monoisotopic (exact) mass is 293 g/mol. The number of carbonyl (C=O) groups excluding carboxylic acids is 1. The van der Waals surface area contributed by atoms with Crippen molar-refractivity contribution in [2.24, 2.45) is 0 Å². The van der Waals surface area contributed by atoms with E-state index in [1.54, 1.807) is 38.1 Å². The van der Waals surface area contributed by atoms with Gasteiger partial charge < -0.3 is 14.7 Å². The molecule has 0 spiro atoms. The summed E-state index contributed by atoms with van der Waals surface area (Å²) in [4.78, 5) is 24.5. The molecule has 5 nitrogen and oxygen atoms in total. The van der Waals surface area contributed by atoms with Crippen molar-refractivity contribution in [3.63, 3.8) is 0 Å². The standard InChI is InChI=1S/C16H23NO4/c1-5-12(4)21-14-8-6-13(7-9-14)16(20)17(11(2)3)10-15(18)19/h6-9,11-12H,5,10H2,1-4H3,(H,18,19). The fourth-order valence-corrected chi connectivity index (χ4v) is 1.79. The molecule has 116 valence electrons. The summed E-state index contributed by atoms with van der Waals surface area (Å²) in [5.74, 6) is -0.605. The number of ether oxygens (including phenoxy) is 1. The average molecular weight is 293 g/mol. The van der Waals surface area contributed by atoms with Gasteiger partial charge in [-0.25, -0.2) is 0 Å². The summed E-state index contributed by atoms with van der Waals surface area (Å²) in [7, 11) is 0.